The van der Waals surface area contributed by atoms with Crippen molar-refractivity contribution in [1.29, 1.82) is 0 Å². The molecule has 0 aliphatic heterocycles. The molecule has 4 heteroatoms. The molecule has 0 aromatic carbocycles. The fourth-order valence-electron chi connectivity index (χ4n) is 5.53. The summed E-state index contributed by atoms with van der Waals surface area (Å²) in [7, 11) is 3.54. The molecule has 4 bridgehead atoms. The molecule has 136 valence electrons. The van der Waals surface area contributed by atoms with Crippen molar-refractivity contribution in [2.45, 2.75) is 37.9 Å². The van der Waals surface area contributed by atoms with Crippen molar-refractivity contribution < 1.29 is 19.7 Å². The van der Waals surface area contributed by atoms with E-state index in [0.717, 1.165) is 12.8 Å². The maximum absolute atomic E-state index is 8.95. The lowest BCUT2D eigenvalue weighted by Crippen LogP contribution is -2.33. The quantitative estimate of drug-likeness (QED) is 0.731. The van der Waals surface area contributed by atoms with Crippen molar-refractivity contribution >= 4 is 0 Å². The highest BCUT2D eigenvalue weighted by molar-refractivity contribution is 5.15. The second-order valence-electron chi connectivity index (χ2n) is 7.65. The van der Waals surface area contributed by atoms with E-state index in [9.17, 15) is 0 Å². The molecule has 4 aliphatic carbocycles. The monoisotopic (exact) mass is 336 g/mol. The fourth-order valence-corrected chi connectivity index (χ4v) is 5.53. The van der Waals surface area contributed by atoms with E-state index in [4.69, 9.17) is 19.7 Å². The average Bonchev–Trinajstić information content (AvgIpc) is 3.36. The first-order chi connectivity index (χ1) is 11.7. The minimum absolute atomic E-state index is 0.295. The van der Waals surface area contributed by atoms with Gasteiger partial charge in [-0.1, -0.05) is 24.3 Å². The molecule has 0 saturated heterocycles. The first kappa shape index (κ1) is 18.1. The SMILES string of the molecule is COC1C2C=CC(C2)C1OC.OCCC1C2C=CC(C2)C1CCO. The average molecular weight is 336 g/mol. The highest BCUT2D eigenvalue weighted by Crippen LogP contribution is 2.50. The van der Waals surface area contributed by atoms with Gasteiger partial charge in [0.05, 0.1) is 12.2 Å². The van der Waals surface area contributed by atoms with E-state index in [0.29, 0.717) is 60.9 Å². The number of ether oxygens (including phenoxy) is 2. The molecular weight excluding hydrogens is 304 g/mol. The Labute approximate surface area is 145 Å². The Bertz CT molecular complexity index is 423. The number of aliphatic hydroxyl groups excluding tert-OH is 2. The molecular formula is C20H32O4. The van der Waals surface area contributed by atoms with E-state index in [2.05, 4.69) is 24.3 Å². The summed E-state index contributed by atoms with van der Waals surface area (Å²) in [6.07, 6.45) is 14.0. The third-order valence-electron chi connectivity index (χ3n) is 6.59. The minimum atomic E-state index is 0.295. The van der Waals surface area contributed by atoms with Crippen LogP contribution in [0.4, 0.5) is 0 Å². The largest absolute Gasteiger partial charge is 0.396 e. The Morgan fingerprint density at radius 3 is 1.46 bits per heavy atom. The summed E-state index contributed by atoms with van der Waals surface area (Å²) in [5, 5.41) is 17.9. The van der Waals surface area contributed by atoms with Crippen LogP contribution < -0.4 is 0 Å². The third-order valence-corrected chi connectivity index (χ3v) is 6.59. The van der Waals surface area contributed by atoms with Crippen molar-refractivity contribution in [3.8, 4) is 0 Å². The lowest BCUT2D eigenvalue weighted by Gasteiger charge is -2.26. The maximum atomic E-state index is 8.95. The highest BCUT2D eigenvalue weighted by atomic mass is 16.5. The zero-order valence-electron chi connectivity index (χ0n) is 14.9. The van der Waals surface area contributed by atoms with Gasteiger partial charge in [-0.25, -0.2) is 0 Å². The van der Waals surface area contributed by atoms with E-state index in [-0.39, 0.29) is 0 Å². The number of fused-ring (bicyclic) bond motifs is 4. The van der Waals surface area contributed by atoms with E-state index in [1.807, 2.05) is 0 Å². The van der Waals surface area contributed by atoms with Crippen LogP contribution in [0.25, 0.3) is 0 Å². The Kier molecular flexibility index (Phi) is 6.14. The molecule has 0 heterocycles. The minimum Gasteiger partial charge on any atom is -0.396 e. The summed E-state index contributed by atoms with van der Waals surface area (Å²) < 4.78 is 10.7. The van der Waals surface area contributed by atoms with Crippen molar-refractivity contribution in [1.82, 2.24) is 0 Å². The first-order valence-corrected chi connectivity index (χ1v) is 9.37. The summed E-state index contributed by atoms with van der Waals surface area (Å²) >= 11 is 0. The van der Waals surface area contributed by atoms with Crippen molar-refractivity contribution in [2.24, 2.45) is 35.5 Å². The van der Waals surface area contributed by atoms with Gasteiger partial charge in [0.25, 0.3) is 0 Å². The Morgan fingerprint density at radius 1 is 0.708 bits per heavy atom. The number of hydrogen-bond acceptors (Lipinski definition) is 4. The standard InChI is InChI=1S/C11H18O2.C9H14O2/c12-5-3-10-8-1-2-9(7-8)11(10)4-6-13;1-10-8-6-3-4-7(5-6)9(8)11-2/h1-2,8-13H,3-7H2;3-4,6-9H,5H2,1-2H3. The zero-order chi connectivity index (χ0) is 17.1. The van der Waals surface area contributed by atoms with Gasteiger partial charge >= 0.3 is 0 Å². The van der Waals surface area contributed by atoms with Gasteiger partial charge in [-0.05, 0) is 49.4 Å². The van der Waals surface area contributed by atoms with E-state index in [1.165, 1.54) is 12.8 Å². The van der Waals surface area contributed by atoms with Crippen LogP contribution in [0.5, 0.6) is 0 Å². The Morgan fingerprint density at radius 2 is 1.08 bits per heavy atom. The molecule has 24 heavy (non-hydrogen) atoms. The van der Waals surface area contributed by atoms with Crippen molar-refractivity contribution in [3.05, 3.63) is 24.3 Å². The van der Waals surface area contributed by atoms with E-state index >= 15 is 0 Å². The summed E-state index contributed by atoms with van der Waals surface area (Å²) in [5.74, 6) is 3.85. The van der Waals surface area contributed by atoms with Gasteiger partial charge in [-0.3, -0.25) is 0 Å². The molecule has 8 atom stereocenters. The summed E-state index contributed by atoms with van der Waals surface area (Å²) in [4.78, 5) is 0. The third kappa shape index (κ3) is 3.34. The highest BCUT2D eigenvalue weighted by Gasteiger charge is 2.45. The predicted octanol–water partition coefficient (Wildman–Crippen LogP) is 2.41. The molecule has 4 aliphatic rings. The zero-order valence-corrected chi connectivity index (χ0v) is 14.9. The number of methoxy groups -OCH3 is 2. The second kappa shape index (κ2) is 8.13. The molecule has 4 rings (SSSR count). The smallest absolute Gasteiger partial charge is 0.0901 e. The molecule has 2 fully saturated rings. The Hall–Kier alpha value is -0.680. The fraction of sp³-hybridized carbons (Fsp3) is 0.800. The van der Waals surface area contributed by atoms with Gasteiger partial charge in [0.1, 0.15) is 0 Å². The van der Waals surface area contributed by atoms with Gasteiger partial charge in [0.15, 0.2) is 0 Å². The van der Waals surface area contributed by atoms with Gasteiger partial charge in [0.2, 0.25) is 0 Å². The predicted molar refractivity (Wildman–Crippen MR) is 93.5 cm³/mol. The molecule has 0 aromatic rings. The first-order valence-electron chi connectivity index (χ1n) is 9.37. The van der Waals surface area contributed by atoms with Crippen LogP contribution in [-0.4, -0.2) is 49.9 Å². The van der Waals surface area contributed by atoms with Gasteiger partial charge < -0.3 is 19.7 Å². The molecule has 0 amide bonds. The molecule has 2 N–H and O–H groups in total. The van der Waals surface area contributed by atoms with Crippen LogP contribution in [0, 0.1) is 35.5 Å². The van der Waals surface area contributed by atoms with Crippen LogP contribution >= 0.6 is 0 Å². The van der Waals surface area contributed by atoms with E-state index < -0.39 is 0 Å². The second-order valence-corrected chi connectivity index (χ2v) is 7.65. The van der Waals surface area contributed by atoms with E-state index in [1.54, 1.807) is 14.2 Å². The molecule has 4 nitrogen and oxygen atoms in total. The van der Waals surface area contributed by atoms with Gasteiger partial charge in [-0.2, -0.15) is 0 Å². The van der Waals surface area contributed by atoms with Crippen LogP contribution in [0.1, 0.15) is 25.7 Å². The lowest BCUT2D eigenvalue weighted by molar-refractivity contribution is -0.0404. The molecule has 0 aromatic heterocycles. The number of rotatable bonds is 6. The summed E-state index contributed by atoms with van der Waals surface area (Å²) in [6.45, 7) is 0.591. The summed E-state index contributed by atoms with van der Waals surface area (Å²) in [5.41, 5.74) is 0. The number of hydrogen-bond donors (Lipinski definition) is 2. The topological polar surface area (TPSA) is 58.9 Å². The molecule has 2 saturated carbocycles. The van der Waals surface area contributed by atoms with Crippen LogP contribution in [0.15, 0.2) is 24.3 Å². The number of aliphatic hydroxyl groups is 2. The molecule has 0 radical (unpaired) electrons. The van der Waals surface area contributed by atoms with Crippen LogP contribution in [0.2, 0.25) is 0 Å². The Balaban J connectivity index is 0.000000143. The van der Waals surface area contributed by atoms with Crippen LogP contribution in [-0.2, 0) is 9.47 Å². The lowest BCUT2D eigenvalue weighted by atomic mass is 9.79. The van der Waals surface area contributed by atoms with Crippen LogP contribution in [0.3, 0.4) is 0 Å². The van der Waals surface area contributed by atoms with Crippen molar-refractivity contribution in [3.63, 3.8) is 0 Å². The molecule has 0 spiro atoms. The van der Waals surface area contributed by atoms with Crippen molar-refractivity contribution in [2.75, 3.05) is 27.4 Å². The summed E-state index contributed by atoms with van der Waals surface area (Å²) in [6, 6.07) is 0. The van der Waals surface area contributed by atoms with Gasteiger partial charge in [0, 0.05) is 39.3 Å². The van der Waals surface area contributed by atoms with Gasteiger partial charge in [-0.15, -0.1) is 0 Å². The maximum Gasteiger partial charge on any atom is 0.0901 e. The molecule has 8 unspecified atom stereocenters. The normalized spacial score (nSPS) is 44.2. The number of allylic oxidation sites excluding steroid dienone is 2.